The van der Waals surface area contributed by atoms with E-state index in [9.17, 15) is 9.59 Å². The van der Waals surface area contributed by atoms with E-state index in [1.165, 1.54) is 4.90 Å². The molecule has 13 heavy (non-hydrogen) atoms. The fourth-order valence-corrected chi connectivity index (χ4v) is 1.52. The van der Waals surface area contributed by atoms with E-state index in [-0.39, 0.29) is 0 Å². The molecule has 0 aromatic carbocycles. The van der Waals surface area contributed by atoms with Gasteiger partial charge in [0.25, 0.3) is 5.91 Å². The van der Waals surface area contributed by atoms with Crippen LogP contribution < -0.4 is 17.2 Å². The number of hydrogen-bond acceptors (Lipinski definition) is 4. The van der Waals surface area contributed by atoms with E-state index in [1.54, 1.807) is 0 Å². The molecule has 0 radical (unpaired) electrons. The van der Waals surface area contributed by atoms with Crippen LogP contribution in [0.15, 0.2) is 0 Å². The molecule has 1 aliphatic rings. The Morgan fingerprint density at radius 2 is 2.00 bits per heavy atom. The summed E-state index contributed by atoms with van der Waals surface area (Å²) in [5.74, 6) is -0.909. The smallest absolute Gasteiger partial charge is 0.254 e. The van der Waals surface area contributed by atoms with E-state index in [0.29, 0.717) is 13.0 Å². The van der Waals surface area contributed by atoms with Crippen molar-refractivity contribution in [3.8, 4) is 0 Å². The highest BCUT2D eigenvalue weighted by Gasteiger charge is 2.33. The van der Waals surface area contributed by atoms with Crippen molar-refractivity contribution in [1.29, 1.82) is 0 Å². The highest BCUT2D eigenvalue weighted by Crippen LogP contribution is 2.16. The predicted octanol–water partition coefficient (Wildman–Crippen LogP) is -2.29. The second-order valence-electron chi connectivity index (χ2n) is 3.12. The molecular weight excluding hydrogens is 172 g/mol. The van der Waals surface area contributed by atoms with Crippen LogP contribution in [0.3, 0.4) is 0 Å². The van der Waals surface area contributed by atoms with Gasteiger partial charge in [-0.1, -0.05) is 0 Å². The van der Waals surface area contributed by atoms with Crippen LogP contribution in [0.4, 0.5) is 0 Å². The summed E-state index contributed by atoms with van der Waals surface area (Å²) in [5.41, 5.74) is 15.5. The molecule has 0 aliphatic carbocycles. The number of amides is 2. The van der Waals surface area contributed by atoms with E-state index in [0.717, 1.165) is 6.42 Å². The Morgan fingerprint density at radius 3 is 2.46 bits per heavy atom. The summed E-state index contributed by atoms with van der Waals surface area (Å²) < 4.78 is 0. The fourth-order valence-electron chi connectivity index (χ4n) is 1.52. The number of likely N-dealkylation sites (tertiary alicyclic amines) is 1. The quantitative estimate of drug-likeness (QED) is 0.421. The van der Waals surface area contributed by atoms with Gasteiger partial charge >= 0.3 is 0 Å². The van der Waals surface area contributed by atoms with Gasteiger partial charge < -0.3 is 22.1 Å². The van der Waals surface area contributed by atoms with Crippen LogP contribution in [0.1, 0.15) is 12.8 Å². The molecule has 1 aliphatic heterocycles. The molecule has 1 saturated heterocycles. The van der Waals surface area contributed by atoms with Gasteiger partial charge in [-0.15, -0.1) is 0 Å². The lowest BCUT2D eigenvalue weighted by Crippen LogP contribution is -2.53. The molecule has 0 saturated carbocycles. The highest BCUT2D eigenvalue weighted by atomic mass is 16.2. The molecule has 1 heterocycles. The minimum Gasteiger partial charge on any atom is -0.368 e. The third-order valence-electron chi connectivity index (χ3n) is 2.15. The van der Waals surface area contributed by atoms with Crippen molar-refractivity contribution in [1.82, 2.24) is 4.90 Å². The zero-order chi connectivity index (χ0) is 10.0. The topological polar surface area (TPSA) is 115 Å². The third-order valence-corrected chi connectivity index (χ3v) is 2.15. The number of carbonyl (C=O) groups excluding carboxylic acids is 2. The molecule has 0 aromatic rings. The monoisotopic (exact) mass is 186 g/mol. The van der Waals surface area contributed by atoms with Crippen LogP contribution in [0.25, 0.3) is 0 Å². The SMILES string of the molecule is NC(=O)[C@@H]1CCCN1C(=O)C(N)N. The van der Waals surface area contributed by atoms with Crippen molar-refractivity contribution in [2.24, 2.45) is 17.2 Å². The molecule has 0 aromatic heterocycles. The van der Waals surface area contributed by atoms with Crippen molar-refractivity contribution in [2.45, 2.75) is 25.0 Å². The second-order valence-corrected chi connectivity index (χ2v) is 3.12. The number of nitrogens with zero attached hydrogens (tertiary/aromatic N) is 1. The normalized spacial score (nSPS) is 22.4. The number of carbonyl (C=O) groups is 2. The summed E-state index contributed by atoms with van der Waals surface area (Å²) in [6.07, 6.45) is 0.319. The van der Waals surface area contributed by atoms with Gasteiger partial charge in [0.2, 0.25) is 5.91 Å². The minimum absolute atomic E-state index is 0.415. The molecule has 0 unspecified atom stereocenters. The maximum atomic E-state index is 11.3. The average Bonchev–Trinajstić information content (AvgIpc) is 2.50. The zero-order valence-corrected chi connectivity index (χ0v) is 7.27. The minimum atomic E-state index is -1.06. The fraction of sp³-hybridized carbons (Fsp3) is 0.714. The van der Waals surface area contributed by atoms with Crippen LogP contribution >= 0.6 is 0 Å². The molecule has 1 atom stereocenters. The Morgan fingerprint density at radius 1 is 1.38 bits per heavy atom. The van der Waals surface area contributed by atoms with Crippen molar-refractivity contribution in [3.63, 3.8) is 0 Å². The second kappa shape index (κ2) is 3.71. The zero-order valence-electron chi connectivity index (χ0n) is 7.27. The molecule has 1 rings (SSSR count). The average molecular weight is 186 g/mol. The molecular formula is C7H14N4O2. The van der Waals surface area contributed by atoms with Crippen molar-refractivity contribution in [3.05, 3.63) is 0 Å². The molecule has 6 heteroatoms. The summed E-state index contributed by atoms with van der Waals surface area (Å²) in [6, 6.07) is -0.526. The summed E-state index contributed by atoms with van der Waals surface area (Å²) in [5, 5.41) is 0. The Bertz CT molecular complexity index is 229. The molecule has 0 spiro atoms. The third kappa shape index (κ3) is 1.96. The number of rotatable bonds is 2. The Hall–Kier alpha value is -1.14. The Balaban J connectivity index is 2.68. The lowest BCUT2D eigenvalue weighted by atomic mass is 10.2. The lowest BCUT2D eigenvalue weighted by Gasteiger charge is -2.23. The lowest BCUT2D eigenvalue weighted by molar-refractivity contribution is -0.138. The van der Waals surface area contributed by atoms with Crippen LogP contribution in [0.5, 0.6) is 0 Å². The van der Waals surface area contributed by atoms with Gasteiger partial charge in [-0.2, -0.15) is 0 Å². The molecule has 74 valence electrons. The number of primary amides is 1. The van der Waals surface area contributed by atoms with Crippen molar-refractivity contribution in [2.75, 3.05) is 6.54 Å². The maximum Gasteiger partial charge on any atom is 0.254 e. The summed E-state index contributed by atoms with van der Waals surface area (Å²) in [4.78, 5) is 23.6. The number of hydrogen-bond donors (Lipinski definition) is 3. The standard InChI is InChI=1S/C7H14N4O2/c8-5(9)7(13)11-3-1-2-4(11)6(10)12/h4-5H,1-3,8-9H2,(H2,10,12)/t4-/m0/s1. The van der Waals surface area contributed by atoms with Crippen LogP contribution in [0.2, 0.25) is 0 Å². The first-order chi connectivity index (χ1) is 6.04. The van der Waals surface area contributed by atoms with Crippen molar-refractivity contribution < 1.29 is 9.59 Å². The van der Waals surface area contributed by atoms with Gasteiger partial charge in [-0.3, -0.25) is 9.59 Å². The first kappa shape index (κ1) is 9.94. The first-order valence-electron chi connectivity index (χ1n) is 4.15. The van der Waals surface area contributed by atoms with E-state index in [1.807, 2.05) is 0 Å². The Labute approximate surface area is 76.0 Å². The first-order valence-corrected chi connectivity index (χ1v) is 4.15. The summed E-state index contributed by atoms with van der Waals surface area (Å²) >= 11 is 0. The van der Waals surface area contributed by atoms with Gasteiger partial charge in [0.15, 0.2) is 0 Å². The Kier molecular flexibility index (Phi) is 2.84. The number of nitrogens with two attached hydrogens (primary N) is 3. The van der Waals surface area contributed by atoms with Gasteiger partial charge in [0.05, 0.1) is 0 Å². The molecule has 6 nitrogen and oxygen atoms in total. The van der Waals surface area contributed by atoms with Crippen LogP contribution in [-0.4, -0.2) is 35.5 Å². The largest absolute Gasteiger partial charge is 0.368 e. The highest BCUT2D eigenvalue weighted by molar-refractivity contribution is 5.89. The molecule has 6 N–H and O–H groups in total. The molecule has 0 bridgehead atoms. The predicted molar refractivity (Wildman–Crippen MR) is 46.1 cm³/mol. The van der Waals surface area contributed by atoms with Crippen LogP contribution in [0, 0.1) is 0 Å². The van der Waals surface area contributed by atoms with E-state index in [4.69, 9.17) is 17.2 Å². The van der Waals surface area contributed by atoms with Crippen LogP contribution in [-0.2, 0) is 9.59 Å². The maximum absolute atomic E-state index is 11.3. The van der Waals surface area contributed by atoms with Crippen molar-refractivity contribution >= 4 is 11.8 Å². The van der Waals surface area contributed by atoms with Gasteiger partial charge in [-0.05, 0) is 12.8 Å². The summed E-state index contributed by atoms with van der Waals surface area (Å²) in [7, 11) is 0. The van der Waals surface area contributed by atoms with E-state index >= 15 is 0 Å². The van der Waals surface area contributed by atoms with Gasteiger partial charge in [0.1, 0.15) is 12.2 Å². The van der Waals surface area contributed by atoms with Gasteiger partial charge in [-0.25, -0.2) is 0 Å². The summed E-state index contributed by atoms with van der Waals surface area (Å²) in [6.45, 7) is 0.511. The molecule has 1 fully saturated rings. The van der Waals surface area contributed by atoms with E-state index in [2.05, 4.69) is 0 Å². The molecule has 2 amide bonds. The van der Waals surface area contributed by atoms with E-state index < -0.39 is 24.0 Å². The van der Waals surface area contributed by atoms with Gasteiger partial charge in [0, 0.05) is 6.54 Å².